The molecule has 0 spiro atoms. The summed E-state index contributed by atoms with van der Waals surface area (Å²) in [6, 6.07) is 11.9. The van der Waals surface area contributed by atoms with Crippen LogP contribution in [0.25, 0.3) is 10.2 Å². The van der Waals surface area contributed by atoms with E-state index in [4.69, 9.17) is 34.8 Å². The van der Waals surface area contributed by atoms with Gasteiger partial charge in [-0.15, -0.1) is 11.3 Å². The van der Waals surface area contributed by atoms with Gasteiger partial charge in [0, 0.05) is 0 Å². The van der Waals surface area contributed by atoms with Crippen LogP contribution < -0.4 is 4.72 Å². The molecule has 0 saturated heterocycles. The number of nitrogens with one attached hydrogen (secondary N) is 1. The zero-order chi connectivity index (χ0) is 22.3. The number of aryl methyl sites for hydroxylation is 1. The van der Waals surface area contributed by atoms with Crippen LogP contribution in [0.5, 0.6) is 0 Å². The van der Waals surface area contributed by atoms with Crippen LogP contribution in [0.15, 0.2) is 62.7 Å². The monoisotopic (exact) mass is 532 g/mol. The molecule has 4 rings (SSSR count). The van der Waals surface area contributed by atoms with Gasteiger partial charge < -0.3 is 0 Å². The molecule has 11 heteroatoms. The van der Waals surface area contributed by atoms with E-state index in [0.29, 0.717) is 4.90 Å². The third-order valence-electron chi connectivity index (χ3n) is 4.15. The smallest absolute Gasteiger partial charge is 0.263 e. The van der Waals surface area contributed by atoms with Gasteiger partial charge in [-0.2, -0.15) is 0 Å². The number of benzene rings is 3. The Balaban J connectivity index is 1.62. The fraction of sp³-hybridized carbons (Fsp3) is 0.0500. The van der Waals surface area contributed by atoms with Crippen molar-refractivity contribution in [2.45, 2.75) is 21.1 Å². The number of hydrogen-bond donors (Lipinski definition) is 1. The molecule has 0 radical (unpaired) electrons. The highest BCUT2D eigenvalue weighted by atomic mass is 35.5. The lowest BCUT2D eigenvalue weighted by Crippen LogP contribution is -2.13. The van der Waals surface area contributed by atoms with E-state index in [0.717, 1.165) is 38.3 Å². The fourth-order valence-electron chi connectivity index (χ4n) is 2.77. The van der Waals surface area contributed by atoms with Gasteiger partial charge >= 0.3 is 0 Å². The van der Waals surface area contributed by atoms with Gasteiger partial charge in [0.15, 0.2) is 4.34 Å². The SMILES string of the molecule is Cc1ccc2sc(Sc3c(Cl)cc(NS(=O)(=O)c4ccc(F)cc4Cl)cc3Cl)nc2c1. The van der Waals surface area contributed by atoms with Crippen LogP contribution in [0.3, 0.4) is 0 Å². The maximum absolute atomic E-state index is 13.2. The van der Waals surface area contributed by atoms with E-state index in [-0.39, 0.29) is 25.7 Å². The quantitative estimate of drug-likeness (QED) is 0.286. The normalized spacial score (nSPS) is 11.8. The molecule has 1 aromatic heterocycles. The van der Waals surface area contributed by atoms with E-state index in [1.807, 2.05) is 25.1 Å². The molecule has 0 amide bonds. The Morgan fingerprint density at radius 2 is 1.71 bits per heavy atom. The third-order valence-corrected chi connectivity index (χ3v) is 9.07. The Bertz CT molecular complexity index is 1400. The topological polar surface area (TPSA) is 59.1 Å². The Hall–Kier alpha value is -1.55. The van der Waals surface area contributed by atoms with E-state index in [1.54, 1.807) is 0 Å². The summed E-state index contributed by atoms with van der Waals surface area (Å²) in [5, 5.41) is 0.287. The van der Waals surface area contributed by atoms with Crippen LogP contribution in [-0.2, 0) is 10.0 Å². The highest BCUT2D eigenvalue weighted by molar-refractivity contribution is 8.01. The third kappa shape index (κ3) is 4.94. The van der Waals surface area contributed by atoms with Crippen molar-refractivity contribution in [3.63, 3.8) is 0 Å². The number of halogens is 4. The van der Waals surface area contributed by atoms with Gasteiger partial charge in [0.2, 0.25) is 0 Å². The van der Waals surface area contributed by atoms with Crippen LogP contribution in [0.2, 0.25) is 15.1 Å². The average molecular weight is 534 g/mol. The number of rotatable bonds is 5. The number of aromatic nitrogens is 1. The summed E-state index contributed by atoms with van der Waals surface area (Å²) >= 11 is 21.5. The Morgan fingerprint density at radius 3 is 2.39 bits per heavy atom. The van der Waals surface area contributed by atoms with Gasteiger partial charge in [0.25, 0.3) is 10.0 Å². The van der Waals surface area contributed by atoms with E-state index < -0.39 is 15.8 Å². The Morgan fingerprint density at radius 1 is 1.00 bits per heavy atom. The largest absolute Gasteiger partial charge is 0.279 e. The van der Waals surface area contributed by atoms with Gasteiger partial charge in [0.1, 0.15) is 10.7 Å². The molecular formula is C20H12Cl3FN2O2S3. The van der Waals surface area contributed by atoms with Crippen molar-refractivity contribution in [2.24, 2.45) is 0 Å². The van der Waals surface area contributed by atoms with Crippen LogP contribution >= 0.6 is 57.9 Å². The van der Waals surface area contributed by atoms with Crippen molar-refractivity contribution >= 4 is 83.8 Å². The summed E-state index contributed by atoms with van der Waals surface area (Å²) in [5.41, 5.74) is 2.16. The molecule has 0 aliphatic heterocycles. The molecule has 0 aliphatic rings. The molecular weight excluding hydrogens is 522 g/mol. The first-order valence-electron chi connectivity index (χ1n) is 8.64. The summed E-state index contributed by atoms with van der Waals surface area (Å²) < 4.78 is 42.7. The second kappa shape index (κ2) is 8.77. The van der Waals surface area contributed by atoms with Crippen molar-refractivity contribution in [3.8, 4) is 0 Å². The van der Waals surface area contributed by atoms with Crippen molar-refractivity contribution in [1.29, 1.82) is 0 Å². The Labute approximate surface area is 201 Å². The molecule has 1 N–H and O–H groups in total. The van der Waals surface area contributed by atoms with Crippen molar-refractivity contribution in [2.75, 3.05) is 4.72 Å². The predicted molar refractivity (Wildman–Crippen MR) is 127 cm³/mol. The molecule has 3 aromatic carbocycles. The summed E-state index contributed by atoms with van der Waals surface area (Å²) in [7, 11) is -4.07. The Kier molecular flexibility index (Phi) is 6.40. The average Bonchev–Trinajstić information content (AvgIpc) is 3.05. The lowest BCUT2D eigenvalue weighted by atomic mass is 10.2. The molecule has 0 fully saturated rings. The van der Waals surface area contributed by atoms with Crippen LogP contribution in [0, 0.1) is 12.7 Å². The van der Waals surface area contributed by atoms with E-state index >= 15 is 0 Å². The maximum atomic E-state index is 13.2. The molecule has 0 saturated carbocycles. The van der Waals surface area contributed by atoms with Crippen molar-refractivity contribution in [3.05, 3.63) is 75.0 Å². The van der Waals surface area contributed by atoms with Gasteiger partial charge in [-0.1, -0.05) is 52.6 Å². The van der Waals surface area contributed by atoms with Crippen LogP contribution in [-0.4, -0.2) is 13.4 Å². The molecule has 0 atom stereocenters. The number of thiazole rings is 1. The number of sulfonamides is 1. The zero-order valence-electron chi connectivity index (χ0n) is 15.6. The molecule has 4 nitrogen and oxygen atoms in total. The fourth-order valence-corrected chi connectivity index (χ4v) is 7.05. The standard InChI is InChI=1S/C20H12Cl3FN2O2S3/c1-10-2-4-17-16(6-10)25-20(29-17)30-19-14(22)8-12(9-15(19)23)26-31(27,28)18-5-3-11(24)7-13(18)21/h2-9,26H,1H3. The van der Waals surface area contributed by atoms with E-state index in [9.17, 15) is 12.8 Å². The minimum atomic E-state index is -4.07. The minimum absolute atomic E-state index is 0.152. The van der Waals surface area contributed by atoms with Gasteiger partial charge in [-0.25, -0.2) is 17.8 Å². The van der Waals surface area contributed by atoms with E-state index in [2.05, 4.69) is 9.71 Å². The summed E-state index contributed by atoms with van der Waals surface area (Å²) in [6.45, 7) is 2.00. The van der Waals surface area contributed by atoms with Crippen molar-refractivity contribution < 1.29 is 12.8 Å². The second-order valence-electron chi connectivity index (χ2n) is 6.50. The lowest BCUT2D eigenvalue weighted by molar-refractivity contribution is 0.600. The molecule has 0 bridgehead atoms. The number of hydrogen-bond acceptors (Lipinski definition) is 5. The first kappa shape index (κ1) is 22.6. The zero-order valence-corrected chi connectivity index (χ0v) is 20.3. The first-order chi connectivity index (χ1) is 14.6. The highest BCUT2D eigenvalue weighted by Crippen LogP contribution is 2.43. The lowest BCUT2D eigenvalue weighted by Gasteiger charge is -2.12. The molecule has 0 aliphatic carbocycles. The number of fused-ring (bicyclic) bond motifs is 1. The van der Waals surface area contributed by atoms with Crippen LogP contribution in [0.1, 0.15) is 5.56 Å². The van der Waals surface area contributed by atoms with Crippen LogP contribution in [0.4, 0.5) is 10.1 Å². The first-order valence-corrected chi connectivity index (χ1v) is 12.9. The molecule has 0 unspecified atom stereocenters. The number of nitrogens with zero attached hydrogens (tertiary/aromatic N) is 1. The van der Waals surface area contributed by atoms with Gasteiger partial charge in [-0.05, 0) is 55.0 Å². The van der Waals surface area contributed by atoms with Crippen molar-refractivity contribution in [1.82, 2.24) is 4.98 Å². The van der Waals surface area contributed by atoms with Gasteiger partial charge in [-0.3, -0.25) is 4.72 Å². The molecule has 160 valence electrons. The highest BCUT2D eigenvalue weighted by Gasteiger charge is 2.20. The summed E-state index contributed by atoms with van der Waals surface area (Å²) in [4.78, 5) is 4.90. The molecule has 31 heavy (non-hydrogen) atoms. The van der Waals surface area contributed by atoms with Gasteiger partial charge in [0.05, 0.1) is 35.9 Å². The predicted octanol–water partition coefficient (Wildman–Crippen LogP) is 7.66. The van der Waals surface area contributed by atoms with E-state index in [1.165, 1.54) is 35.2 Å². The summed E-state index contributed by atoms with van der Waals surface area (Å²) in [6.07, 6.45) is 0. The molecule has 1 heterocycles. The summed E-state index contributed by atoms with van der Waals surface area (Å²) in [5.74, 6) is -0.638. The minimum Gasteiger partial charge on any atom is -0.279 e. The molecule has 4 aromatic rings. The maximum Gasteiger partial charge on any atom is 0.263 e. The second-order valence-corrected chi connectivity index (χ2v) is 11.7. The number of anilines is 1.